The third-order valence-electron chi connectivity index (χ3n) is 3.13. The predicted molar refractivity (Wildman–Crippen MR) is 78.6 cm³/mol. The lowest BCUT2D eigenvalue weighted by atomic mass is 10.0. The maximum Gasteiger partial charge on any atom is 0.308 e. The molecule has 21 heavy (non-hydrogen) atoms. The van der Waals surface area contributed by atoms with Crippen molar-refractivity contribution in [1.82, 2.24) is 9.55 Å². The molecule has 112 valence electrons. The number of ether oxygens (including phenoxy) is 1. The largest absolute Gasteiger partial charge is 0.469 e. The van der Waals surface area contributed by atoms with Crippen LogP contribution in [0, 0.1) is 4.77 Å². The summed E-state index contributed by atoms with van der Waals surface area (Å²) in [6.07, 6.45) is 0.892. The van der Waals surface area contributed by atoms with Crippen molar-refractivity contribution < 1.29 is 19.7 Å². The first-order valence-corrected chi connectivity index (χ1v) is 6.73. The Morgan fingerprint density at radius 3 is 2.57 bits per heavy atom. The van der Waals surface area contributed by atoms with E-state index in [1.807, 2.05) is 0 Å². The van der Waals surface area contributed by atoms with Crippen molar-refractivity contribution in [3.63, 3.8) is 0 Å². The molecule has 7 heteroatoms. The van der Waals surface area contributed by atoms with Gasteiger partial charge in [-0.05, 0) is 29.9 Å². The summed E-state index contributed by atoms with van der Waals surface area (Å²) in [6.45, 7) is 0. The summed E-state index contributed by atoms with van der Waals surface area (Å²) in [4.78, 5) is 14.0. The smallest absolute Gasteiger partial charge is 0.308 e. The van der Waals surface area contributed by atoms with Gasteiger partial charge in [0.05, 0.1) is 19.6 Å². The van der Waals surface area contributed by atoms with Gasteiger partial charge in [-0.1, -0.05) is 12.1 Å². The highest BCUT2D eigenvalue weighted by atomic mass is 32.1. The molecule has 0 aliphatic rings. The Morgan fingerprint density at radius 1 is 1.38 bits per heavy atom. The summed E-state index contributed by atoms with van der Waals surface area (Å²) in [5.41, 5.74) is 1.34. The summed E-state index contributed by atoms with van der Waals surface area (Å²) >= 11 is 5.12. The van der Waals surface area contributed by atoms with Gasteiger partial charge in [-0.15, -0.1) is 0 Å². The molecule has 1 aromatic carbocycles. The van der Waals surface area contributed by atoms with Crippen LogP contribution < -0.4 is 0 Å². The summed E-state index contributed by atoms with van der Waals surface area (Å²) in [5.74, 6) is -0.572. The number of hydrogen-bond donors (Lipinski definition) is 3. The molecule has 0 spiro atoms. The number of nitrogens with zero attached hydrogens (tertiary/aromatic N) is 1. The number of esters is 1. The van der Waals surface area contributed by atoms with Crippen molar-refractivity contribution in [1.29, 1.82) is 0 Å². The van der Waals surface area contributed by atoms with E-state index in [0.717, 1.165) is 5.69 Å². The zero-order valence-electron chi connectivity index (χ0n) is 11.4. The van der Waals surface area contributed by atoms with Gasteiger partial charge < -0.3 is 19.9 Å². The van der Waals surface area contributed by atoms with Gasteiger partial charge in [0.25, 0.3) is 0 Å². The van der Waals surface area contributed by atoms with E-state index < -0.39 is 18.2 Å². The SMILES string of the molecule is COC(=O)CC(O)C(O)c1ccc(-n2cc[nH]c2=S)cc1. The first-order chi connectivity index (χ1) is 10.0. The van der Waals surface area contributed by atoms with E-state index in [0.29, 0.717) is 10.3 Å². The number of nitrogens with one attached hydrogen (secondary N) is 1. The third kappa shape index (κ3) is 3.57. The molecular weight excluding hydrogens is 292 g/mol. The van der Waals surface area contributed by atoms with Gasteiger partial charge in [0.15, 0.2) is 4.77 Å². The van der Waals surface area contributed by atoms with Crippen LogP contribution in [0.2, 0.25) is 0 Å². The summed E-state index contributed by atoms with van der Waals surface area (Å²) < 4.78 is 6.80. The summed E-state index contributed by atoms with van der Waals surface area (Å²) in [6, 6.07) is 6.89. The molecule has 2 rings (SSSR count). The quantitative estimate of drug-likeness (QED) is 0.575. The summed E-state index contributed by atoms with van der Waals surface area (Å²) in [7, 11) is 1.23. The molecule has 3 N–H and O–H groups in total. The minimum atomic E-state index is -1.21. The zero-order valence-corrected chi connectivity index (χ0v) is 12.2. The van der Waals surface area contributed by atoms with Gasteiger partial charge >= 0.3 is 5.97 Å². The fourth-order valence-electron chi connectivity index (χ4n) is 1.94. The molecule has 0 saturated heterocycles. The number of carbonyl (C=O) groups is 1. The second kappa shape index (κ2) is 6.66. The average Bonchev–Trinajstić information content (AvgIpc) is 2.92. The molecule has 1 aromatic heterocycles. The number of H-pyrrole nitrogens is 1. The van der Waals surface area contributed by atoms with Crippen molar-refractivity contribution in [3.8, 4) is 5.69 Å². The average molecular weight is 308 g/mol. The lowest BCUT2D eigenvalue weighted by Gasteiger charge is -2.17. The van der Waals surface area contributed by atoms with Crippen LogP contribution >= 0.6 is 12.2 Å². The highest BCUT2D eigenvalue weighted by Gasteiger charge is 2.21. The Morgan fingerprint density at radius 2 is 2.05 bits per heavy atom. The van der Waals surface area contributed by atoms with Crippen LogP contribution in [0.15, 0.2) is 36.7 Å². The Balaban J connectivity index is 2.13. The maximum atomic E-state index is 11.1. The van der Waals surface area contributed by atoms with Gasteiger partial charge in [-0.2, -0.15) is 0 Å². The second-order valence-electron chi connectivity index (χ2n) is 4.52. The number of benzene rings is 1. The zero-order chi connectivity index (χ0) is 15.4. The van der Waals surface area contributed by atoms with E-state index in [1.165, 1.54) is 7.11 Å². The molecule has 0 fully saturated rings. The van der Waals surface area contributed by atoms with Crippen molar-refractivity contribution in [2.75, 3.05) is 7.11 Å². The standard InChI is InChI=1S/C14H16N2O4S/c1-20-12(18)8-11(17)13(19)9-2-4-10(5-3-9)16-7-6-15-14(16)21/h2-7,11,13,17,19H,8H2,1H3,(H,15,21). The molecule has 2 unspecified atom stereocenters. The Labute approximate surface area is 126 Å². The number of imidazole rings is 1. The fraction of sp³-hybridized carbons (Fsp3) is 0.286. The van der Waals surface area contributed by atoms with Crippen LogP contribution in [-0.4, -0.2) is 38.9 Å². The number of rotatable bonds is 5. The van der Waals surface area contributed by atoms with Gasteiger partial charge in [-0.3, -0.25) is 9.36 Å². The van der Waals surface area contributed by atoms with Crippen molar-refractivity contribution in [3.05, 3.63) is 47.0 Å². The van der Waals surface area contributed by atoms with E-state index >= 15 is 0 Å². The van der Waals surface area contributed by atoms with Gasteiger partial charge in [0.1, 0.15) is 6.10 Å². The molecule has 0 amide bonds. The Bertz CT molecular complexity index is 662. The van der Waals surface area contributed by atoms with Crippen molar-refractivity contribution in [2.45, 2.75) is 18.6 Å². The summed E-state index contributed by atoms with van der Waals surface area (Å²) in [5, 5.41) is 19.8. The number of aromatic nitrogens is 2. The van der Waals surface area contributed by atoms with Crippen LogP contribution in [0.3, 0.4) is 0 Å². The topological polar surface area (TPSA) is 87.5 Å². The molecule has 0 aliphatic heterocycles. The molecule has 0 bridgehead atoms. The van der Waals surface area contributed by atoms with E-state index in [-0.39, 0.29) is 6.42 Å². The van der Waals surface area contributed by atoms with Crippen molar-refractivity contribution >= 4 is 18.2 Å². The molecule has 2 atom stereocenters. The van der Waals surface area contributed by atoms with E-state index in [9.17, 15) is 15.0 Å². The molecule has 2 aromatic rings. The predicted octanol–water partition coefficient (Wildman–Crippen LogP) is 1.49. The van der Waals surface area contributed by atoms with Gasteiger partial charge in [0.2, 0.25) is 0 Å². The molecule has 0 aliphatic carbocycles. The highest BCUT2D eigenvalue weighted by Crippen LogP contribution is 2.21. The minimum absolute atomic E-state index is 0.262. The number of aromatic amines is 1. The minimum Gasteiger partial charge on any atom is -0.469 e. The van der Waals surface area contributed by atoms with E-state index in [2.05, 4.69) is 9.72 Å². The molecular formula is C14H16N2O4S. The number of aliphatic hydroxyl groups is 2. The van der Waals surface area contributed by atoms with Crippen LogP contribution in [0.4, 0.5) is 0 Å². The molecule has 1 heterocycles. The maximum absolute atomic E-state index is 11.1. The number of aliphatic hydroxyl groups excluding tert-OH is 2. The van der Waals surface area contributed by atoms with E-state index in [4.69, 9.17) is 12.2 Å². The third-order valence-corrected chi connectivity index (χ3v) is 3.44. The normalized spacial score (nSPS) is 13.7. The molecule has 6 nitrogen and oxygen atoms in total. The lowest BCUT2D eigenvalue weighted by Crippen LogP contribution is -2.22. The Kier molecular flexibility index (Phi) is 4.89. The van der Waals surface area contributed by atoms with Crippen molar-refractivity contribution in [2.24, 2.45) is 0 Å². The Hall–Kier alpha value is -1.96. The monoisotopic (exact) mass is 308 g/mol. The van der Waals surface area contributed by atoms with E-state index in [1.54, 1.807) is 41.2 Å². The van der Waals surface area contributed by atoms with Crippen LogP contribution in [-0.2, 0) is 9.53 Å². The number of methoxy groups -OCH3 is 1. The number of hydrogen-bond acceptors (Lipinski definition) is 5. The first-order valence-electron chi connectivity index (χ1n) is 6.32. The first kappa shape index (κ1) is 15.4. The van der Waals surface area contributed by atoms with Crippen LogP contribution in [0.1, 0.15) is 18.1 Å². The second-order valence-corrected chi connectivity index (χ2v) is 4.91. The fourth-order valence-corrected chi connectivity index (χ4v) is 2.18. The molecule has 0 saturated carbocycles. The molecule has 0 radical (unpaired) electrons. The van der Waals surface area contributed by atoms with Crippen LogP contribution in [0.5, 0.6) is 0 Å². The van der Waals surface area contributed by atoms with Crippen LogP contribution in [0.25, 0.3) is 5.69 Å². The highest BCUT2D eigenvalue weighted by molar-refractivity contribution is 7.71. The lowest BCUT2D eigenvalue weighted by molar-refractivity contribution is -0.144. The number of carbonyl (C=O) groups excluding carboxylic acids is 1. The van der Waals surface area contributed by atoms with Gasteiger partial charge in [0, 0.05) is 18.1 Å². The van der Waals surface area contributed by atoms with Gasteiger partial charge in [-0.25, -0.2) is 0 Å².